The van der Waals surface area contributed by atoms with Crippen LogP contribution in [-0.2, 0) is 11.2 Å². The van der Waals surface area contributed by atoms with Gasteiger partial charge in [-0.2, -0.15) is 0 Å². The monoisotopic (exact) mass is 281 g/mol. The summed E-state index contributed by atoms with van der Waals surface area (Å²) < 4.78 is 5.40. The molecule has 1 fully saturated rings. The summed E-state index contributed by atoms with van der Waals surface area (Å²) in [5.74, 6) is 1.89. The van der Waals surface area contributed by atoms with E-state index in [0.717, 1.165) is 62.1 Å². The fourth-order valence-corrected chi connectivity index (χ4v) is 3.11. The van der Waals surface area contributed by atoms with Crippen molar-refractivity contribution in [2.45, 2.75) is 49.8 Å². The Balaban J connectivity index is 2.04. The number of nitrogens with zero attached hydrogens (tertiary/aromatic N) is 2. The quantitative estimate of drug-likeness (QED) is 0.812. The van der Waals surface area contributed by atoms with E-state index in [4.69, 9.17) is 4.74 Å². The summed E-state index contributed by atoms with van der Waals surface area (Å²) in [5, 5.41) is 5.08. The van der Waals surface area contributed by atoms with E-state index in [0.29, 0.717) is 5.25 Å². The Morgan fingerprint density at radius 2 is 2.11 bits per heavy atom. The summed E-state index contributed by atoms with van der Waals surface area (Å²) in [6.45, 7) is 6.98. The predicted molar refractivity (Wildman–Crippen MR) is 79.9 cm³/mol. The average Bonchev–Trinajstić information content (AvgIpc) is 2.46. The molecule has 4 nitrogen and oxygen atoms in total. The zero-order valence-electron chi connectivity index (χ0n) is 11.8. The molecule has 0 atom stereocenters. The number of hydrogen-bond donors (Lipinski definition) is 1. The molecule has 1 N–H and O–H groups in total. The lowest BCUT2D eigenvalue weighted by Crippen LogP contribution is -2.17. The molecule has 19 heavy (non-hydrogen) atoms. The van der Waals surface area contributed by atoms with Gasteiger partial charge >= 0.3 is 0 Å². The average molecular weight is 281 g/mol. The molecule has 1 saturated heterocycles. The highest BCUT2D eigenvalue weighted by molar-refractivity contribution is 7.99. The number of aromatic nitrogens is 2. The first kappa shape index (κ1) is 14.6. The molecule has 0 aliphatic carbocycles. The van der Waals surface area contributed by atoms with Gasteiger partial charge in [0.15, 0.2) is 0 Å². The van der Waals surface area contributed by atoms with Crippen LogP contribution >= 0.6 is 11.8 Å². The van der Waals surface area contributed by atoms with E-state index in [1.54, 1.807) is 0 Å². The van der Waals surface area contributed by atoms with Crippen LogP contribution in [0.2, 0.25) is 0 Å². The Kier molecular flexibility index (Phi) is 5.92. The number of hydrogen-bond acceptors (Lipinski definition) is 5. The molecule has 0 saturated carbocycles. The molecule has 0 radical (unpaired) electrons. The van der Waals surface area contributed by atoms with E-state index < -0.39 is 0 Å². The third kappa shape index (κ3) is 4.66. The first-order valence-electron chi connectivity index (χ1n) is 7.18. The molecular weight excluding hydrogens is 258 g/mol. The SMILES string of the molecule is CCCNc1cc(SC2CCOCC2)nc(CC)n1. The Labute approximate surface area is 119 Å². The van der Waals surface area contributed by atoms with Crippen molar-refractivity contribution in [3.63, 3.8) is 0 Å². The molecule has 2 rings (SSSR count). The predicted octanol–water partition coefficient (Wildman–Crippen LogP) is 3.13. The number of thioether (sulfide) groups is 1. The van der Waals surface area contributed by atoms with Crippen LogP contribution in [0.3, 0.4) is 0 Å². The van der Waals surface area contributed by atoms with Crippen molar-refractivity contribution < 1.29 is 4.74 Å². The number of nitrogens with one attached hydrogen (secondary N) is 1. The van der Waals surface area contributed by atoms with Crippen LogP contribution in [0.5, 0.6) is 0 Å². The third-order valence-electron chi connectivity index (χ3n) is 3.08. The van der Waals surface area contributed by atoms with Gasteiger partial charge in [-0.15, -0.1) is 11.8 Å². The molecule has 0 bridgehead atoms. The molecule has 0 amide bonds. The van der Waals surface area contributed by atoms with Crippen LogP contribution in [0.4, 0.5) is 5.82 Å². The van der Waals surface area contributed by atoms with E-state index in [1.165, 1.54) is 0 Å². The van der Waals surface area contributed by atoms with Crippen molar-refractivity contribution in [3.05, 3.63) is 11.9 Å². The molecular formula is C14H23N3OS. The van der Waals surface area contributed by atoms with Gasteiger partial charge in [0.25, 0.3) is 0 Å². The molecule has 2 heterocycles. The minimum absolute atomic E-state index is 0.632. The zero-order valence-corrected chi connectivity index (χ0v) is 12.6. The van der Waals surface area contributed by atoms with Crippen LogP contribution in [0.25, 0.3) is 0 Å². The van der Waals surface area contributed by atoms with E-state index in [1.807, 2.05) is 11.8 Å². The molecule has 1 aromatic heterocycles. The van der Waals surface area contributed by atoms with Gasteiger partial charge in [-0.25, -0.2) is 9.97 Å². The highest BCUT2D eigenvalue weighted by Crippen LogP contribution is 2.29. The lowest BCUT2D eigenvalue weighted by molar-refractivity contribution is 0.1000. The molecule has 1 aliphatic rings. The van der Waals surface area contributed by atoms with Gasteiger partial charge in [0.05, 0.1) is 0 Å². The van der Waals surface area contributed by atoms with Crippen LogP contribution in [0.1, 0.15) is 38.9 Å². The Bertz CT molecular complexity index is 394. The maximum atomic E-state index is 5.40. The fraction of sp³-hybridized carbons (Fsp3) is 0.714. The summed E-state index contributed by atoms with van der Waals surface area (Å²) in [4.78, 5) is 9.15. The zero-order chi connectivity index (χ0) is 13.5. The summed E-state index contributed by atoms with van der Waals surface area (Å²) in [5.41, 5.74) is 0. The van der Waals surface area contributed by atoms with E-state index in [9.17, 15) is 0 Å². The minimum Gasteiger partial charge on any atom is -0.381 e. The summed E-state index contributed by atoms with van der Waals surface area (Å²) in [6.07, 6.45) is 4.22. The maximum absolute atomic E-state index is 5.40. The van der Waals surface area contributed by atoms with Gasteiger partial charge < -0.3 is 10.1 Å². The van der Waals surface area contributed by atoms with Gasteiger partial charge in [-0.05, 0) is 19.3 Å². The largest absolute Gasteiger partial charge is 0.381 e. The number of ether oxygens (including phenoxy) is 1. The first-order chi connectivity index (χ1) is 9.31. The molecule has 106 valence electrons. The Hall–Kier alpha value is -0.810. The van der Waals surface area contributed by atoms with Gasteiger partial charge in [-0.1, -0.05) is 13.8 Å². The number of aryl methyl sites for hydroxylation is 1. The number of rotatable bonds is 6. The van der Waals surface area contributed by atoms with Gasteiger partial charge in [0.1, 0.15) is 16.7 Å². The molecule has 1 aromatic rings. The third-order valence-corrected chi connectivity index (χ3v) is 4.33. The van der Waals surface area contributed by atoms with Crippen LogP contribution in [-0.4, -0.2) is 35.0 Å². The topological polar surface area (TPSA) is 47.0 Å². The first-order valence-corrected chi connectivity index (χ1v) is 8.06. The van der Waals surface area contributed by atoms with E-state index in [-0.39, 0.29) is 0 Å². The normalized spacial score (nSPS) is 16.5. The van der Waals surface area contributed by atoms with Crippen LogP contribution in [0.15, 0.2) is 11.1 Å². The van der Waals surface area contributed by atoms with Crippen molar-refractivity contribution >= 4 is 17.6 Å². The smallest absolute Gasteiger partial charge is 0.131 e. The van der Waals surface area contributed by atoms with Crippen molar-refractivity contribution in [1.29, 1.82) is 0 Å². The van der Waals surface area contributed by atoms with Crippen LogP contribution in [0, 0.1) is 0 Å². The molecule has 1 aliphatic heterocycles. The van der Waals surface area contributed by atoms with Gasteiger partial charge in [0, 0.05) is 37.5 Å². The van der Waals surface area contributed by atoms with E-state index in [2.05, 4.69) is 35.2 Å². The lowest BCUT2D eigenvalue weighted by Gasteiger charge is -2.21. The van der Waals surface area contributed by atoms with Crippen molar-refractivity contribution in [2.75, 3.05) is 25.1 Å². The Morgan fingerprint density at radius 1 is 1.32 bits per heavy atom. The summed E-state index contributed by atoms with van der Waals surface area (Å²) >= 11 is 1.87. The second-order valence-corrected chi connectivity index (χ2v) is 6.04. The molecule has 0 spiro atoms. The minimum atomic E-state index is 0.632. The van der Waals surface area contributed by atoms with Crippen molar-refractivity contribution in [1.82, 2.24) is 9.97 Å². The summed E-state index contributed by atoms with van der Waals surface area (Å²) in [7, 11) is 0. The highest BCUT2D eigenvalue weighted by atomic mass is 32.2. The lowest BCUT2D eigenvalue weighted by atomic mass is 10.2. The Morgan fingerprint density at radius 3 is 2.79 bits per heavy atom. The van der Waals surface area contributed by atoms with Crippen LogP contribution < -0.4 is 5.32 Å². The molecule has 5 heteroatoms. The molecule has 0 unspecified atom stereocenters. The van der Waals surface area contributed by atoms with Gasteiger partial charge in [-0.3, -0.25) is 0 Å². The van der Waals surface area contributed by atoms with Gasteiger partial charge in [0.2, 0.25) is 0 Å². The van der Waals surface area contributed by atoms with Crippen molar-refractivity contribution in [2.24, 2.45) is 0 Å². The second-order valence-electron chi connectivity index (χ2n) is 4.72. The van der Waals surface area contributed by atoms with Crippen molar-refractivity contribution in [3.8, 4) is 0 Å². The maximum Gasteiger partial charge on any atom is 0.131 e. The number of anilines is 1. The highest BCUT2D eigenvalue weighted by Gasteiger charge is 2.16. The molecule has 0 aromatic carbocycles. The second kappa shape index (κ2) is 7.70. The van der Waals surface area contributed by atoms with E-state index >= 15 is 0 Å². The fourth-order valence-electron chi connectivity index (χ4n) is 2.00. The summed E-state index contributed by atoms with van der Waals surface area (Å²) in [6, 6.07) is 2.08. The standard InChI is InChI=1S/C14H23N3OS/c1-3-7-15-13-10-14(17-12(4-2)16-13)19-11-5-8-18-9-6-11/h10-11H,3-9H2,1-2H3,(H,15,16,17).